The van der Waals surface area contributed by atoms with Gasteiger partial charge in [0, 0.05) is 13.6 Å². The van der Waals surface area contributed by atoms with Crippen molar-refractivity contribution in [2.75, 3.05) is 18.5 Å². The summed E-state index contributed by atoms with van der Waals surface area (Å²) < 4.78 is 0. The SMILES string of the molecule is CC(C#N)CN(C)c1ccc(C(N)=O)nn1. The average molecular weight is 219 g/mol. The lowest BCUT2D eigenvalue weighted by atomic mass is 10.2. The van der Waals surface area contributed by atoms with Gasteiger partial charge in [0.15, 0.2) is 11.5 Å². The van der Waals surface area contributed by atoms with Crippen molar-refractivity contribution in [3.05, 3.63) is 17.8 Å². The van der Waals surface area contributed by atoms with Gasteiger partial charge in [-0.15, -0.1) is 10.2 Å². The Labute approximate surface area is 93.7 Å². The molecule has 1 amide bonds. The molecule has 1 aromatic heterocycles. The smallest absolute Gasteiger partial charge is 0.269 e. The Morgan fingerprint density at radius 2 is 2.31 bits per heavy atom. The van der Waals surface area contributed by atoms with Crippen LogP contribution in [-0.4, -0.2) is 29.7 Å². The fraction of sp³-hybridized carbons (Fsp3) is 0.400. The molecule has 1 unspecified atom stereocenters. The molecule has 1 aromatic rings. The van der Waals surface area contributed by atoms with Crippen LogP contribution in [0.25, 0.3) is 0 Å². The molecule has 84 valence electrons. The molecule has 16 heavy (non-hydrogen) atoms. The fourth-order valence-corrected chi connectivity index (χ4v) is 1.21. The number of primary amides is 1. The highest BCUT2D eigenvalue weighted by Gasteiger charge is 2.09. The molecule has 0 fully saturated rings. The van der Waals surface area contributed by atoms with Crippen molar-refractivity contribution in [2.24, 2.45) is 11.7 Å². The molecule has 0 aliphatic rings. The van der Waals surface area contributed by atoms with Crippen molar-refractivity contribution < 1.29 is 4.79 Å². The third kappa shape index (κ3) is 2.92. The Balaban J connectivity index is 2.74. The van der Waals surface area contributed by atoms with Gasteiger partial charge >= 0.3 is 0 Å². The van der Waals surface area contributed by atoms with Crippen LogP contribution in [0.2, 0.25) is 0 Å². The summed E-state index contributed by atoms with van der Waals surface area (Å²) in [6.07, 6.45) is 0. The molecule has 0 saturated carbocycles. The quantitative estimate of drug-likeness (QED) is 0.778. The van der Waals surface area contributed by atoms with E-state index in [0.29, 0.717) is 12.4 Å². The van der Waals surface area contributed by atoms with Crippen LogP contribution in [0.15, 0.2) is 12.1 Å². The predicted molar refractivity (Wildman–Crippen MR) is 58.6 cm³/mol. The van der Waals surface area contributed by atoms with Crippen molar-refractivity contribution in [1.82, 2.24) is 10.2 Å². The Morgan fingerprint density at radius 1 is 1.62 bits per heavy atom. The lowest BCUT2D eigenvalue weighted by Gasteiger charge is -2.18. The van der Waals surface area contributed by atoms with E-state index >= 15 is 0 Å². The number of nitrogens with zero attached hydrogens (tertiary/aromatic N) is 4. The maximum atomic E-state index is 10.8. The van der Waals surface area contributed by atoms with E-state index in [1.54, 1.807) is 11.0 Å². The zero-order valence-electron chi connectivity index (χ0n) is 9.21. The Bertz CT molecular complexity index is 408. The third-order valence-electron chi connectivity index (χ3n) is 2.06. The van der Waals surface area contributed by atoms with E-state index in [4.69, 9.17) is 11.0 Å². The molecular formula is C10H13N5O. The molecule has 0 aromatic carbocycles. The third-order valence-corrected chi connectivity index (χ3v) is 2.06. The summed E-state index contributed by atoms with van der Waals surface area (Å²) >= 11 is 0. The first kappa shape index (κ1) is 11.9. The second-order valence-electron chi connectivity index (χ2n) is 3.55. The highest BCUT2D eigenvalue weighted by molar-refractivity contribution is 5.90. The molecule has 1 atom stereocenters. The topological polar surface area (TPSA) is 95.9 Å². The van der Waals surface area contributed by atoms with Crippen LogP contribution < -0.4 is 10.6 Å². The van der Waals surface area contributed by atoms with Gasteiger partial charge in [0.2, 0.25) is 0 Å². The number of nitrogens with two attached hydrogens (primary N) is 1. The van der Waals surface area contributed by atoms with E-state index in [-0.39, 0.29) is 11.6 Å². The number of hydrogen-bond acceptors (Lipinski definition) is 5. The van der Waals surface area contributed by atoms with Gasteiger partial charge in [-0.1, -0.05) is 0 Å². The number of carbonyl (C=O) groups excluding carboxylic acids is 1. The van der Waals surface area contributed by atoms with Crippen molar-refractivity contribution in [3.8, 4) is 6.07 Å². The number of carbonyl (C=O) groups is 1. The summed E-state index contributed by atoms with van der Waals surface area (Å²) in [6.45, 7) is 2.38. The molecule has 6 nitrogen and oxygen atoms in total. The molecule has 0 bridgehead atoms. The van der Waals surface area contributed by atoms with Crippen LogP contribution in [0.4, 0.5) is 5.82 Å². The van der Waals surface area contributed by atoms with Crippen molar-refractivity contribution >= 4 is 11.7 Å². The summed E-state index contributed by atoms with van der Waals surface area (Å²) in [7, 11) is 1.81. The van der Waals surface area contributed by atoms with E-state index < -0.39 is 5.91 Å². The lowest BCUT2D eigenvalue weighted by Crippen LogP contribution is -2.25. The number of anilines is 1. The van der Waals surface area contributed by atoms with Crippen LogP contribution in [0, 0.1) is 17.2 Å². The summed E-state index contributed by atoms with van der Waals surface area (Å²) in [5.41, 5.74) is 5.17. The van der Waals surface area contributed by atoms with Crippen LogP contribution in [0.1, 0.15) is 17.4 Å². The first-order valence-corrected chi connectivity index (χ1v) is 4.79. The molecule has 0 saturated heterocycles. The summed E-state index contributed by atoms with van der Waals surface area (Å²) in [5, 5.41) is 16.2. The van der Waals surface area contributed by atoms with Gasteiger partial charge in [-0.2, -0.15) is 5.26 Å². The van der Waals surface area contributed by atoms with Crippen LogP contribution in [0.3, 0.4) is 0 Å². The largest absolute Gasteiger partial charge is 0.364 e. The number of hydrogen-bond donors (Lipinski definition) is 1. The number of rotatable bonds is 4. The molecular weight excluding hydrogens is 206 g/mol. The van der Waals surface area contributed by atoms with Crippen molar-refractivity contribution in [1.29, 1.82) is 5.26 Å². The van der Waals surface area contributed by atoms with Crippen molar-refractivity contribution in [3.63, 3.8) is 0 Å². The molecule has 0 aliphatic heterocycles. The van der Waals surface area contributed by atoms with Gasteiger partial charge in [0.05, 0.1) is 12.0 Å². The molecule has 0 aliphatic carbocycles. The van der Waals surface area contributed by atoms with E-state index in [1.807, 2.05) is 14.0 Å². The van der Waals surface area contributed by atoms with Gasteiger partial charge in [-0.25, -0.2) is 0 Å². The van der Waals surface area contributed by atoms with E-state index in [0.717, 1.165) is 0 Å². The van der Waals surface area contributed by atoms with Gasteiger partial charge in [0.1, 0.15) is 0 Å². The van der Waals surface area contributed by atoms with Crippen molar-refractivity contribution in [2.45, 2.75) is 6.92 Å². The molecule has 0 radical (unpaired) electrons. The first-order valence-electron chi connectivity index (χ1n) is 4.79. The predicted octanol–water partition coefficient (Wildman–Crippen LogP) is 0.171. The molecule has 2 N–H and O–H groups in total. The minimum atomic E-state index is -0.605. The summed E-state index contributed by atoms with van der Waals surface area (Å²) in [5.74, 6) is -0.0955. The minimum absolute atomic E-state index is 0.0948. The number of nitriles is 1. The lowest BCUT2D eigenvalue weighted by molar-refractivity contribution is 0.0994. The zero-order chi connectivity index (χ0) is 12.1. The average Bonchev–Trinajstić information content (AvgIpc) is 2.28. The maximum Gasteiger partial charge on any atom is 0.269 e. The standard InChI is InChI=1S/C10H13N5O/c1-7(5-11)6-15(2)9-4-3-8(10(12)16)13-14-9/h3-4,7H,6H2,1-2H3,(H2,12,16). The first-order chi connectivity index (χ1) is 7.54. The normalized spacial score (nSPS) is 11.6. The maximum absolute atomic E-state index is 10.8. The highest BCUT2D eigenvalue weighted by atomic mass is 16.1. The molecule has 0 spiro atoms. The summed E-state index contributed by atoms with van der Waals surface area (Å²) in [4.78, 5) is 12.6. The van der Waals surface area contributed by atoms with Gasteiger partial charge in [-0.05, 0) is 19.1 Å². The number of aromatic nitrogens is 2. The van der Waals surface area contributed by atoms with Crippen LogP contribution in [0.5, 0.6) is 0 Å². The summed E-state index contributed by atoms with van der Waals surface area (Å²) in [6, 6.07) is 5.29. The highest BCUT2D eigenvalue weighted by Crippen LogP contribution is 2.09. The van der Waals surface area contributed by atoms with Gasteiger partial charge < -0.3 is 10.6 Å². The second kappa shape index (κ2) is 5.07. The van der Waals surface area contributed by atoms with Gasteiger partial charge in [-0.3, -0.25) is 4.79 Å². The molecule has 1 rings (SSSR count). The molecule has 6 heteroatoms. The Hall–Kier alpha value is -2.16. The van der Waals surface area contributed by atoms with Crippen LogP contribution in [-0.2, 0) is 0 Å². The second-order valence-corrected chi connectivity index (χ2v) is 3.55. The Kier molecular flexibility index (Phi) is 3.78. The fourth-order valence-electron chi connectivity index (χ4n) is 1.21. The Morgan fingerprint density at radius 3 is 2.75 bits per heavy atom. The van der Waals surface area contributed by atoms with E-state index in [9.17, 15) is 4.79 Å². The van der Waals surface area contributed by atoms with Gasteiger partial charge in [0.25, 0.3) is 5.91 Å². The zero-order valence-corrected chi connectivity index (χ0v) is 9.21. The van der Waals surface area contributed by atoms with E-state index in [1.165, 1.54) is 6.07 Å². The number of amides is 1. The minimum Gasteiger partial charge on any atom is -0.364 e. The molecule has 1 heterocycles. The monoisotopic (exact) mass is 219 g/mol. The van der Waals surface area contributed by atoms with Crippen LogP contribution >= 0.6 is 0 Å². The van der Waals surface area contributed by atoms with E-state index in [2.05, 4.69) is 16.3 Å².